The van der Waals surface area contributed by atoms with Crippen LogP contribution in [-0.2, 0) is 9.59 Å². The first-order valence-corrected chi connectivity index (χ1v) is 9.02. The fourth-order valence-electron chi connectivity index (χ4n) is 2.29. The summed E-state index contributed by atoms with van der Waals surface area (Å²) in [6, 6.07) is 12.4. The Kier molecular flexibility index (Phi) is 9.64. The molecule has 1 atom stereocenters. The zero-order chi connectivity index (χ0) is 16.2. The summed E-state index contributed by atoms with van der Waals surface area (Å²) in [6.07, 6.45) is 5.96. The minimum absolute atomic E-state index is 0.0733. The number of hydrogen-bond donors (Lipinski definition) is 1. The van der Waals surface area contributed by atoms with Gasteiger partial charge < -0.3 is 5.32 Å². The van der Waals surface area contributed by atoms with Crippen molar-refractivity contribution < 1.29 is 9.59 Å². The molecule has 0 heterocycles. The molecule has 1 aromatic carbocycles. The van der Waals surface area contributed by atoms with E-state index >= 15 is 0 Å². The van der Waals surface area contributed by atoms with Crippen LogP contribution in [-0.4, -0.2) is 22.8 Å². The molecule has 0 spiro atoms. The third-order valence-electron chi connectivity index (χ3n) is 3.60. The predicted molar refractivity (Wildman–Crippen MR) is 93.8 cm³/mol. The fraction of sp³-hybridized carbons (Fsp3) is 0.556. The Morgan fingerprint density at radius 1 is 1.05 bits per heavy atom. The van der Waals surface area contributed by atoms with E-state index in [1.165, 1.54) is 37.9 Å². The lowest BCUT2D eigenvalue weighted by molar-refractivity contribution is -0.124. The Labute approximate surface area is 138 Å². The van der Waals surface area contributed by atoms with Gasteiger partial charge in [-0.3, -0.25) is 9.59 Å². The van der Waals surface area contributed by atoms with Crippen molar-refractivity contribution in [1.82, 2.24) is 5.32 Å². The quantitative estimate of drug-likeness (QED) is 0.910. The summed E-state index contributed by atoms with van der Waals surface area (Å²) >= 11 is 1.23. The van der Waals surface area contributed by atoms with Gasteiger partial charge in [-0.25, -0.2) is 0 Å². The molecule has 0 saturated heterocycles. The Bertz CT molecular complexity index is 403. The largest absolute Gasteiger partial charge is 0.353 e. The molecule has 0 aliphatic heterocycles. The summed E-state index contributed by atoms with van der Waals surface area (Å²) in [5.74, 6) is 0.616. The molecule has 1 aliphatic rings. The molecule has 1 saturated carbocycles. The van der Waals surface area contributed by atoms with Gasteiger partial charge in [0.2, 0.25) is 5.91 Å². The number of nitrogens with one attached hydrogen (secondary N) is 1. The highest BCUT2D eigenvalue weighted by Crippen LogP contribution is 2.18. The monoisotopic (exact) mass is 321 g/mol. The van der Waals surface area contributed by atoms with E-state index in [1.54, 1.807) is 0 Å². The van der Waals surface area contributed by atoms with E-state index < -0.39 is 0 Å². The molecule has 1 amide bonds. The third-order valence-corrected chi connectivity index (χ3v) is 4.68. The smallest absolute Gasteiger partial charge is 0.223 e. The Morgan fingerprint density at radius 2 is 1.55 bits per heavy atom. The van der Waals surface area contributed by atoms with E-state index in [1.807, 2.05) is 43.3 Å². The Hall–Kier alpha value is -1.29. The van der Waals surface area contributed by atoms with Crippen molar-refractivity contribution in [3.63, 3.8) is 0 Å². The molecule has 22 heavy (non-hydrogen) atoms. The molecule has 4 heteroatoms. The van der Waals surface area contributed by atoms with E-state index in [2.05, 4.69) is 5.32 Å². The number of rotatable bonds is 4. The Balaban J connectivity index is 0.000000335. The van der Waals surface area contributed by atoms with Crippen LogP contribution in [0.1, 0.15) is 46.0 Å². The SMILES string of the molecule is CC(=O)SCC(C)C(=O)NC1CCCCC1.c1ccccc1. The number of thioether (sulfide) groups is 1. The van der Waals surface area contributed by atoms with Gasteiger partial charge >= 0.3 is 0 Å². The lowest BCUT2D eigenvalue weighted by Gasteiger charge is -2.24. The second-order valence-corrected chi connectivity index (χ2v) is 6.90. The van der Waals surface area contributed by atoms with E-state index in [0.29, 0.717) is 11.8 Å². The second kappa shape index (κ2) is 11.3. The van der Waals surface area contributed by atoms with Crippen molar-refractivity contribution in [3.8, 4) is 0 Å². The first-order valence-electron chi connectivity index (χ1n) is 8.03. The molecule has 1 unspecified atom stereocenters. The van der Waals surface area contributed by atoms with Crippen molar-refractivity contribution in [3.05, 3.63) is 36.4 Å². The second-order valence-electron chi connectivity index (χ2n) is 5.70. The van der Waals surface area contributed by atoms with E-state index in [4.69, 9.17) is 0 Å². The predicted octanol–water partition coefficient (Wildman–Crippen LogP) is 4.04. The summed E-state index contributed by atoms with van der Waals surface area (Å²) in [4.78, 5) is 22.6. The highest BCUT2D eigenvalue weighted by Gasteiger charge is 2.19. The molecule has 0 bridgehead atoms. The van der Waals surface area contributed by atoms with Crippen molar-refractivity contribution in [2.75, 3.05) is 5.75 Å². The van der Waals surface area contributed by atoms with Crippen molar-refractivity contribution in [2.45, 2.75) is 52.0 Å². The third kappa shape index (κ3) is 8.88. The lowest BCUT2D eigenvalue weighted by atomic mass is 9.95. The highest BCUT2D eigenvalue weighted by molar-refractivity contribution is 8.13. The molecule has 0 radical (unpaired) electrons. The minimum Gasteiger partial charge on any atom is -0.353 e. The standard InChI is InChI=1S/C12H21NO2S.C6H6/c1-9(8-16-10(2)14)12(15)13-11-6-4-3-5-7-11;1-2-4-6-5-3-1/h9,11H,3-8H2,1-2H3,(H,13,15);1-6H. The molecule has 0 aromatic heterocycles. The maximum absolute atomic E-state index is 11.8. The normalized spacial score (nSPS) is 16.1. The van der Waals surface area contributed by atoms with Crippen LogP contribution in [0.4, 0.5) is 0 Å². The van der Waals surface area contributed by atoms with E-state index in [9.17, 15) is 9.59 Å². The van der Waals surface area contributed by atoms with Gasteiger partial charge in [-0.05, 0) is 12.8 Å². The molecular formula is C18H27NO2S. The van der Waals surface area contributed by atoms with Crippen LogP contribution in [0.5, 0.6) is 0 Å². The van der Waals surface area contributed by atoms with E-state index in [-0.39, 0.29) is 16.9 Å². The number of benzene rings is 1. The molecular weight excluding hydrogens is 294 g/mol. The summed E-state index contributed by atoms with van der Waals surface area (Å²) in [5, 5.41) is 3.16. The Morgan fingerprint density at radius 3 is 2.00 bits per heavy atom. The number of hydrogen-bond acceptors (Lipinski definition) is 3. The summed E-state index contributed by atoms with van der Waals surface area (Å²) in [6.45, 7) is 3.42. The van der Waals surface area contributed by atoms with Crippen LogP contribution in [0, 0.1) is 5.92 Å². The van der Waals surface area contributed by atoms with Crippen LogP contribution >= 0.6 is 11.8 Å². The maximum Gasteiger partial charge on any atom is 0.223 e. The molecule has 2 rings (SSSR count). The molecule has 1 fully saturated rings. The van der Waals surface area contributed by atoms with Gasteiger partial charge in [0.1, 0.15) is 0 Å². The van der Waals surface area contributed by atoms with Crippen LogP contribution in [0.15, 0.2) is 36.4 Å². The molecule has 1 aromatic rings. The summed E-state index contributed by atoms with van der Waals surface area (Å²) < 4.78 is 0. The fourth-order valence-corrected chi connectivity index (χ4v) is 2.93. The van der Waals surface area contributed by atoms with Gasteiger partial charge in [-0.15, -0.1) is 0 Å². The molecule has 122 valence electrons. The first kappa shape index (κ1) is 18.8. The number of carbonyl (C=O) groups excluding carboxylic acids is 2. The van der Waals surface area contributed by atoms with Gasteiger partial charge in [-0.1, -0.05) is 74.3 Å². The topological polar surface area (TPSA) is 46.2 Å². The van der Waals surface area contributed by atoms with Crippen LogP contribution in [0.2, 0.25) is 0 Å². The maximum atomic E-state index is 11.8. The number of carbonyl (C=O) groups is 2. The summed E-state index contributed by atoms with van der Waals surface area (Å²) in [7, 11) is 0. The van der Waals surface area contributed by atoms with Crippen molar-refractivity contribution >= 4 is 22.8 Å². The average molecular weight is 321 g/mol. The van der Waals surface area contributed by atoms with Gasteiger partial charge in [0.05, 0.1) is 0 Å². The van der Waals surface area contributed by atoms with E-state index in [0.717, 1.165) is 12.8 Å². The highest BCUT2D eigenvalue weighted by atomic mass is 32.2. The molecule has 1 aliphatic carbocycles. The zero-order valence-corrected chi connectivity index (χ0v) is 14.4. The van der Waals surface area contributed by atoms with Gasteiger partial charge in [0.15, 0.2) is 5.12 Å². The lowest BCUT2D eigenvalue weighted by Crippen LogP contribution is -2.39. The number of amides is 1. The average Bonchev–Trinajstić information content (AvgIpc) is 2.55. The molecule has 3 nitrogen and oxygen atoms in total. The van der Waals surface area contributed by atoms with Crippen molar-refractivity contribution in [1.29, 1.82) is 0 Å². The minimum atomic E-state index is -0.0733. The van der Waals surface area contributed by atoms with Gasteiger partial charge in [0.25, 0.3) is 0 Å². The van der Waals surface area contributed by atoms with Gasteiger partial charge in [-0.2, -0.15) is 0 Å². The van der Waals surface area contributed by atoms with Crippen LogP contribution in [0.3, 0.4) is 0 Å². The zero-order valence-electron chi connectivity index (χ0n) is 13.6. The first-order chi connectivity index (χ1) is 10.6. The summed E-state index contributed by atoms with van der Waals surface area (Å²) in [5.41, 5.74) is 0. The van der Waals surface area contributed by atoms with Crippen LogP contribution < -0.4 is 5.32 Å². The van der Waals surface area contributed by atoms with Crippen molar-refractivity contribution in [2.24, 2.45) is 5.92 Å². The van der Waals surface area contributed by atoms with Gasteiger partial charge in [0, 0.05) is 24.6 Å². The molecule has 1 N–H and O–H groups in total. The van der Waals surface area contributed by atoms with Crippen LogP contribution in [0.25, 0.3) is 0 Å².